The Morgan fingerprint density at radius 2 is 1.55 bits per heavy atom. The van der Waals surface area contributed by atoms with Gasteiger partial charge in [-0.1, -0.05) is 30.3 Å². The summed E-state index contributed by atoms with van der Waals surface area (Å²) in [6.45, 7) is 7.39. The first-order valence-electron chi connectivity index (χ1n) is 10.6. The van der Waals surface area contributed by atoms with Crippen molar-refractivity contribution in [3.63, 3.8) is 0 Å². The van der Waals surface area contributed by atoms with E-state index in [9.17, 15) is 19.2 Å². The van der Waals surface area contributed by atoms with Crippen LogP contribution in [-0.4, -0.2) is 68.5 Å². The lowest BCUT2D eigenvalue weighted by Gasteiger charge is -2.19. The molecular formula is C22H34N4O7. The van der Waals surface area contributed by atoms with Crippen molar-refractivity contribution >= 4 is 24.0 Å². The lowest BCUT2D eigenvalue weighted by Crippen LogP contribution is -2.52. The van der Waals surface area contributed by atoms with Crippen LogP contribution in [0.5, 0.6) is 0 Å². The number of carbonyl (C=O) groups excluding carboxylic acids is 4. The number of rotatable bonds is 12. The Balaban J connectivity index is 2.25. The maximum absolute atomic E-state index is 12.3. The van der Waals surface area contributed by atoms with Crippen molar-refractivity contribution in [2.24, 2.45) is 0 Å². The van der Waals surface area contributed by atoms with Gasteiger partial charge in [-0.15, -0.1) is 0 Å². The Morgan fingerprint density at radius 1 is 0.909 bits per heavy atom. The van der Waals surface area contributed by atoms with Gasteiger partial charge in [0, 0.05) is 20.0 Å². The van der Waals surface area contributed by atoms with Gasteiger partial charge < -0.3 is 35.5 Å². The minimum Gasteiger partial charge on any atom is -0.445 e. The number of ether oxygens (including phenoxy) is 3. The van der Waals surface area contributed by atoms with Crippen LogP contribution in [0.4, 0.5) is 9.59 Å². The van der Waals surface area contributed by atoms with Crippen LogP contribution in [0.1, 0.15) is 33.3 Å². The maximum atomic E-state index is 12.3. The highest BCUT2D eigenvalue weighted by atomic mass is 16.6. The molecule has 1 atom stereocenters. The van der Waals surface area contributed by atoms with Crippen molar-refractivity contribution in [3.8, 4) is 0 Å². The van der Waals surface area contributed by atoms with Gasteiger partial charge in [0.2, 0.25) is 11.8 Å². The SMILES string of the molecule is CC(=O)NC(CNC(=O)OCc1ccccc1)C(=O)NCCOCCNC(=O)OC(C)(C)C. The fraction of sp³-hybridized carbons (Fsp3) is 0.545. The van der Waals surface area contributed by atoms with E-state index in [1.807, 2.05) is 30.3 Å². The summed E-state index contributed by atoms with van der Waals surface area (Å²) in [5.74, 6) is -0.900. The van der Waals surface area contributed by atoms with Gasteiger partial charge in [-0.3, -0.25) is 9.59 Å². The molecule has 11 nitrogen and oxygen atoms in total. The topological polar surface area (TPSA) is 144 Å². The molecule has 0 aromatic heterocycles. The normalized spacial score (nSPS) is 11.6. The molecule has 0 spiro atoms. The number of hydrogen-bond donors (Lipinski definition) is 4. The molecule has 4 N–H and O–H groups in total. The summed E-state index contributed by atoms with van der Waals surface area (Å²) < 4.78 is 15.5. The van der Waals surface area contributed by atoms with Crippen molar-refractivity contribution < 1.29 is 33.4 Å². The molecule has 0 bridgehead atoms. The van der Waals surface area contributed by atoms with E-state index in [1.165, 1.54) is 6.92 Å². The van der Waals surface area contributed by atoms with Gasteiger partial charge in [-0.25, -0.2) is 9.59 Å². The summed E-state index contributed by atoms with van der Waals surface area (Å²) in [7, 11) is 0. The van der Waals surface area contributed by atoms with Crippen LogP contribution in [0.15, 0.2) is 30.3 Å². The molecule has 1 rings (SSSR count). The first kappa shape index (κ1) is 27.7. The molecule has 0 fully saturated rings. The highest BCUT2D eigenvalue weighted by molar-refractivity contribution is 5.87. The van der Waals surface area contributed by atoms with E-state index in [0.29, 0.717) is 0 Å². The zero-order valence-electron chi connectivity index (χ0n) is 19.6. The van der Waals surface area contributed by atoms with Gasteiger partial charge in [0.05, 0.1) is 19.8 Å². The molecule has 0 saturated heterocycles. The molecule has 4 amide bonds. The number of alkyl carbamates (subject to hydrolysis) is 2. The molecule has 1 aromatic carbocycles. The average molecular weight is 467 g/mol. The minimum atomic E-state index is -0.972. The molecule has 1 aromatic rings. The Hall–Kier alpha value is -3.34. The maximum Gasteiger partial charge on any atom is 0.407 e. The van der Waals surface area contributed by atoms with Crippen LogP contribution in [0, 0.1) is 0 Å². The van der Waals surface area contributed by atoms with Crippen LogP contribution >= 0.6 is 0 Å². The van der Waals surface area contributed by atoms with E-state index >= 15 is 0 Å². The van der Waals surface area contributed by atoms with Gasteiger partial charge in [0.25, 0.3) is 0 Å². The van der Waals surface area contributed by atoms with Crippen molar-refractivity contribution in [2.75, 3.05) is 32.8 Å². The summed E-state index contributed by atoms with van der Waals surface area (Å²) in [5, 5.41) is 10.1. The molecule has 11 heteroatoms. The molecule has 0 radical (unpaired) electrons. The predicted molar refractivity (Wildman–Crippen MR) is 120 cm³/mol. The summed E-state index contributed by atoms with van der Waals surface area (Å²) in [6.07, 6.45) is -1.24. The largest absolute Gasteiger partial charge is 0.445 e. The molecular weight excluding hydrogens is 432 g/mol. The summed E-state index contributed by atoms with van der Waals surface area (Å²) in [4.78, 5) is 47.1. The number of amides is 4. The third kappa shape index (κ3) is 14.4. The van der Waals surface area contributed by atoms with E-state index in [4.69, 9.17) is 14.2 Å². The smallest absolute Gasteiger partial charge is 0.407 e. The Kier molecular flexibility index (Phi) is 12.3. The molecule has 0 aliphatic rings. The van der Waals surface area contributed by atoms with Crippen molar-refractivity contribution in [1.82, 2.24) is 21.3 Å². The summed E-state index contributed by atoms with van der Waals surface area (Å²) >= 11 is 0. The lowest BCUT2D eigenvalue weighted by atomic mass is 10.2. The Labute approximate surface area is 193 Å². The Bertz CT molecular complexity index is 766. The van der Waals surface area contributed by atoms with Crippen LogP contribution in [0.25, 0.3) is 0 Å². The fourth-order valence-corrected chi connectivity index (χ4v) is 2.43. The first-order chi connectivity index (χ1) is 15.6. The van der Waals surface area contributed by atoms with E-state index in [1.54, 1.807) is 20.8 Å². The molecule has 0 saturated carbocycles. The van der Waals surface area contributed by atoms with Crippen LogP contribution in [-0.2, 0) is 30.4 Å². The van der Waals surface area contributed by atoms with Gasteiger partial charge in [-0.05, 0) is 26.3 Å². The monoisotopic (exact) mass is 466 g/mol. The second-order valence-corrected chi connectivity index (χ2v) is 8.03. The molecule has 0 aliphatic carbocycles. The second kappa shape index (κ2) is 14.7. The quantitative estimate of drug-likeness (QED) is 0.337. The summed E-state index contributed by atoms with van der Waals surface area (Å²) in [6, 6.07) is 8.17. The van der Waals surface area contributed by atoms with E-state index in [-0.39, 0.29) is 39.5 Å². The highest BCUT2D eigenvalue weighted by Gasteiger charge is 2.20. The van der Waals surface area contributed by atoms with Gasteiger partial charge in [0.1, 0.15) is 18.2 Å². The average Bonchev–Trinajstić information content (AvgIpc) is 2.73. The van der Waals surface area contributed by atoms with Crippen LogP contribution in [0.2, 0.25) is 0 Å². The third-order valence-electron chi connectivity index (χ3n) is 3.82. The predicted octanol–water partition coefficient (Wildman–Crippen LogP) is 1.08. The van der Waals surface area contributed by atoms with Crippen molar-refractivity contribution in [2.45, 2.75) is 45.9 Å². The van der Waals surface area contributed by atoms with Gasteiger partial charge in [-0.2, -0.15) is 0 Å². The minimum absolute atomic E-state index is 0.0871. The molecule has 0 heterocycles. The number of nitrogens with one attached hydrogen (secondary N) is 4. The molecule has 33 heavy (non-hydrogen) atoms. The second-order valence-electron chi connectivity index (χ2n) is 8.03. The van der Waals surface area contributed by atoms with E-state index < -0.39 is 35.6 Å². The zero-order valence-corrected chi connectivity index (χ0v) is 19.6. The van der Waals surface area contributed by atoms with E-state index in [0.717, 1.165) is 5.56 Å². The third-order valence-corrected chi connectivity index (χ3v) is 3.82. The number of benzene rings is 1. The van der Waals surface area contributed by atoms with Crippen LogP contribution in [0.3, 0.4) is 0 Å². The first-order valence-corrected chi connectivity index (χ1v) is 10.6. The number of hydrogen-bond acceptors (Lipinski definition) is 7. The fourth-order valence-electron chi connectivity index (χ4n) is 2.43. The molecule has 184 valence electrons. The molecule has 0 aliphatic heterocycles. The zero-order chi connectivity index (χ0) is 24.7. The van der Waals surface area contributed by atoms with Crippen molar-refractivity contribution in [1.29, 1.82) is 0 Å². The highest BCUT2D eigenvalue weighted by Crippen LogP contribution is 2.06. The van der Waals surface area contributed by atoms with Crippen molar-refractivity contribution in [3.05, 3.63) is 35.9 Å². The van der Waals surface area contributed by atoms with E-state index in [2.05, 4.69) is 21.3 Å². The van der Waals surface area contributed by atoms with Gasteiger partial charge >= 0.3 is 12.2 Å². The number of carbonyl (C=O) groups is 4. The lowest BCUT2D eigenvalue weighted by molar-refractivity contribution is -0.128. The van der Waals surface area contributed by atoms with Gasteiger partial charge in [0.15, 0.2) is 0 Å². The summed E-state index contributed by atoms with van der Waals surface area (Å²) in [5.41, 5.74) is 0.248. The standard InChI is InChI=1S/C22H34N4O7/c1-16(27)26-18(14-25-20(29)32-15-17-8-6-5-7-9-17)19(28)23-10-12-31-13-11-24-21(30)33-22(2,3)4/h5-9,18H,10-15H2,1-4H3,(H,23,28)(H,24,30)(H,25,29)(H,26,27). The van der Waals surface area contributed by atoms with Crippen LogP contribution < -0.4 is 21.3 Å². The Morgan fingerprint density at radius 3 is 2.15 bits per heavy atom. The molecule has 1 unspecified atom stereocenters.